The van der Waals surface area contributed by atoms with Crippen molar-refractivity contribution in [3.8, 4) is 0 Å². The number of nitrogens with two attached hydrogens (primary N) is 1. The molecule has 6 nitrogen and oxygen atoms in total. The van der Waals surface area contributed by atoms with Gasteiger partial charge in [0, 0.05) is 30.2 Å². The van der Waals surface area contributed by atoms with E-state index >= 15 is 0 Å². The molecule has 0 saturated heterocycles. The summed E-state index contributed by atoms with van der Waals surface area (Å²) in [6.07, 6.45) is 3.91. The van der Waals surface area contributed by atoms with Gasteiger partial charge in [0.2, 0.25) is 0 Å². The minimum Gasteiger partial charge on any atom is -0.364 e. The molecular weight excluding hydrogens is 316 g/mol. The molecule has 0 aliphatic heterocycles. The molecule has 3 N–H and O–H groups in total. The van der Waals surface area contributed by atoms with Crippen molar-refractivity contribution in [1.82, 2.24) is 9.55 Å². The van der Waals surface area contributed by atoms with E-state index in [0.29, 0.717) is 22.9 Å². The highest BCUT2D eigenvalue weighted by atomic mass is 16.2. The molecule has 0 spiro atoms. The molecule has 6 heteroatoms. The Hall–Kier alpha value is -3.15. The van der Waals surface area contributed by atoms with Gasteiger partial charge in [0.05, 0.1) is 16.8 Å². The van der Waals surface area contributed by atoms with E-state index in [1.165, 1.54) is 0 Å². The topological polar surface area (TPSA) is 90.0 Å². The number of rotatable bonds is 4. The number of carbonyl (C=O) groups is 2. The average Bonchev–Trinajstić information content (AvgIpc) is 3.37. The molecule has 1 aliphatic rings. The highest BCUT2D eigenvalue weighted by molar-refractivity contribution is 6.12. The van der Waals surface area contributed by atoms with Crippen LogP contribution >= 0.6 is 0 Å². The Balaban J connectivity index is 1.72. The number of hydrogen-bond acceptors (Lipinski definition) is 3. The molecule has 1 saturated carbocycles. The zero-order valence-electron chi connectivity index (χ0n) is 13.8. The van der Waals surface area contributed by atoms with E-state index < -0.39 is 5.91 Å². The van der Waals surface area contributed by atoms with Gasteiger partial charge in [-0.2, -0.15) is 0 Å². The zero-order chi connectivity index (χ0) is 17.6. The lowest BCUT2D eigenvalue weighted by Crippen LogP contribution is -2.14. The Kier molecular flexibility index (Phi) is 3.53. The van der Waals surface area contributed by atoms with E-state index in [9.17, 15) is 9.59 Å². The Morgan fingerprint density at radius 1 is 1.24 bits per heavy atom. The van der Waals surface area contributed by atoms with Crippen LogP contribution in [-0.4, -0.2) is 21.4 Å². The second kappa shape index (κ2) is 5.73. The van der Waals surface area contributed by atoms with Crippen LogP contribution < -0.4 is 11.1 Å². The summed E-state index contributed by atoms with van der Waals surface area (Å²) in [4.78, 5) is 28.9. The molecule has 2 amide bonds. The van der Waals surface area contributed by atoms with Crippen molar-refractivity contribution in [2.45, 2.75) is 18.8 Å². The van der Waals surface area contributed by atoms with Gasteiger partial charge in [-0.3, -0.25) is 14.6 Å². The standard InChI is InChI=1S/C19H18N4O2/c1-23-10-12(8-17(23)18(20)24)21-19(25)14-9-16(11-6-7-11)22-15-5-3-2-4-13(14)15/h2-5,8-11H,6-7H2,1H3,(H2,20,24)(H,21,25). The Labute approximate surface area is 144 Å². The minimum atomic E-state index is -0.534. The first-order chi connectivity index (χ1) is 12.0. The van der Waals surface area contributed by atoms with Crippen molar-refractivity contribution in [3.63, 3.8) is 0 Å². The van der Waals surface area contributed by atoms with Crippen molar-refractivity contribution in [2.24, 2.45) is 12.8 Å². The number of anilines is 1. The largest absolute Gasteiger partial charge is 0.364 e. The number of amides is 2. The number of fused-ring (bicyclic) bond motifs is 1. The maximum atomic E-state index is 12.8. The Morgan fingerprint density at radius 2 is 2.00 bits per heavy atom. The third-order valence-corrected chi connectivity index (χ3v) is 4.49. The predicted molar refractivity (Wildman–Crippen MR) is 95.6 cm³/mol. The van der Waals surface area contributed by atoms with E-state index in [2.05, 4.69) is 10.3 Å². The summed E-state index contributed by atoms with van der Waals surface area (Å²) in [5.41, 5.74) is 8.59. The lowest BCUT2D eigenvalue weighted by molar-refractivity contribution is 0.0990. The van der Waals surface area contributed by atoms with Crippen LogP contribution in [0.1, 0.15) is 45.3 Å². The molecule has 2 heterocycles. The van der Waals surface area contributed by atoms with E-state index in [1.807, 2.05) is 30.3 Å². The van der Waals surface area contributed by atoms with Gasteiger partial charge < -0.3 is 15.6 Å². The molecule has 0 radical (unpaired) electrons. The van der Waals surface area contributed by atoms with Gasteiger partial charge in [-0.25, -0.2) is 0 Å². The zero-order valence-corrected chi connectivity index (χ0v) is 13.8. The lowest BCUT2D eigenvalue weighted by atomic mass is 10.1. The Morgan fingerprint density at radius 3 is 2.68 bits per heavy atom. The fraction of sp³-hybridized carbons (Fsp3) is 0.211. The van der Waals surface area contributed by atoms with Gasteiger partial charge in [0.1, 0.15) is 5.69 Å². The van der Waals surface area contributed by atoms with Crippen molar-refractivity contribution < 1.29 is 9.59 Å². The van der Waals surface area contributed by atoms with Crippen molar-refractivity contribution >= 4 is 28.4 Å². The third kappa shape index (κ3) is 2.87. The monoisotopic (exact) mass is 334 g/mol. The molecule has 3 aromatic rings. The van der Waals surface area contributed by atoms with E-state index in [0.717, 1.165) is 29.4 Å². The average molecular weight is 334 g/mol. The van der Waals surface area contributed by atoms with E-state index in [-0.39, 0.29) is 5.91 Å². The highest BCUT2D eigenvalue weighted by Gasteiger charge is 2.27. The van der Waals surface area contributed by atoms with Gasteiger partial charge in [0.15, 0.2) is 0 Å². The summed E-state index contributed by atoms with van der Waals surface area (Å²) in [6, 6.07) is 11.1. The van der Waals surface area contributed by atoms with Gasteiger partial charge in [-0.15, -0.1) is 0 Å². The summed E-state index contributed by atoms with van der Waals surface area (Å²) < 4.78 is 1.60. The number of primary amides is 1. The van der Waals surface area contributed by atoms with E-state index in [4.69, 9.17) is 5.73 Å². The van der Waals surface area contributed by atoms with Crippen LogP contribution in [0.25, 0.3) is 10.9 Å². The van der Waals surface area contributed by atoms with Gasteiger partial charge in [-0.05, 0) is 31.0 Å². The molecule has 2 aromatic heterocycles. The first-order valence-electron chi connectivity index (χ1n) is 8.20. The number of para-hydroxylation sites is 1. The maximum Gasteiger partial charge on any atom is 0.265 e. The number of aryl methyl sites for hydroxylation is 1. The quantitative estimate of drug-likeness (QED) is 0.769. The molecule has 126 valence electrons. The number of hydrogen-bond donors (Lipinski definition) is 2. The molecule has 0 bridgehead atoms. The minimum absolute atomic E-state index is 0.220. The maximum absolute atomic E-state index is 12.8. The van der Waals surface area contributed by atoms with Gasteiger partial charge >= 0.3 is 0 Å². The van der Waals surface area contributed by atoms with E-state index in [1.54, 1.807) is 23.9 Å². The number of carbonyl (C=O) groups excluding carboxylic acids is 2. The highest BCUT2D eigenvalue weighted by Crippen LogP contribution is 2.40. The van der Waals surface area contributed by atoms with Crippen LogP contribution in [0.5, 0.6) is 0 Å². The fourth-order valence-corrected chi connectivity index (χ4v) is 3.05. The first kappa shape index (κ1) is 15.4. The SMILES string of the molecule is Cn1cc(NC(=O)c2cc(C3CC3)nc3ccccc23)cc1C(N)=O. The molecule has 4 rings (SSSR count). The van der Waals surface area contributed by atoms with Gasteiger partial charge in [-0.1, -0.05) is 18.2 Å². The predicted octanol–water partition coefficient (Wildman–Crippen LogP) is 2.80. The summed E-state index contributed by atoms with van der Waals surface area (Å²) in [5, 5.41) is 3.67. The molecular formula is C19H18N4O2. The fourth-order valence-electron chi connectivity index (χ4n) is 3.05. The molecule has 1 fully saturated rings. The smallest absolute Gasteiger partial charge is 0.265 e. The number of nitrogens with zero attached hydrogens (tertiary/aromatic N) is 2. The van der Waals surface area contributed by atoms with Crippen LogP contribution in [-0.2, 0) is 7.05 Å². The Bertz CT molecular complexity index is 1000. The third-order valence-electron chi connectivity index (χ3n) is 4.49. The van der Waals surface area contributed by atoms with Crippen molar-refractivity contribution in [3.05, 3.63) is 59.5 Å². The van der Waals surface area contributed by atoms with Crippen LogP contribution in [0.2, 0.25) is 0 Å². The molecule has 25 heavy (non-hydrogen) atoms. The normalized spacial score (nSPS) is 13.8. The summed E-state index contributed by atoms with van der Waals surface area (Å²) in [6.45, 7) is 0. The van der Waals surface area contributed by atoms with Gasteiger partial charge in [0.25, 0.3) is 11.8 Å². The second-order valence-electron chi connectivity index (χ2n) is 6.43. The van der Waals surface area contributed by atoms with Crippen LogP contribution in [0.15, 0.2) is 42.6 Å². The van der Waals surface area contributed by atoms with Crippen molar-refractivity contribution in [1.29, 1.82) is 0 Å². The van der Waals surface area contributed by atoms with Crippen LogP contribution in [0.3, 0.4) is 0 Å². The molecule has 0 unspecified atom stereocenters. The molecule has 1 aromatic carbocycles. The summed E-state index contributed by atoms with van der Waals surface area (Å²) in [5.74, 6) is -0.301. The number of benzene rings is 1. The summed E-state index contributed by atoms with van der Waals surface area (Å²) >= 11 is 0. The van der Waals surface area contributed by atoms with Crippen molar-refractivity contribution in [2.75, 3.05) is 5.32 Å². The van der Waals surface area contributed by atoms with Crippen LogP contribution in [0, 0.1) is 0 Å². The molecule has 0 atom stereocenters. The van der Waals surface area contributed by atoms with Crippen LogP contribution in [0.4, 0.5) is 5.69 Å². The number of pyridine rings is 1. The summed E-state index contributed by atoms with van der Waals surface area (Å²) in [7, 11) is 1.71. The number of aromatic nitrogens is 2. The lowest BCUT2D eigenvalue weighted by Gasteiger charge is -2.09. The first-order valence-corrected chi connectivity index (χ1v) is 8.20. The molecule has 1 aliphatic carbocycles. The second-order valence-corrected chi connectivity index (χ2v) is 6.43. The number of nitrogens with one attached hydrogen (secondary N) is 1.